The highest BCUT2D eigenvalue weighted by atomic mass is 35.5. The number of rotatable bonds is 1. The quantitative estimate of drug-likeness (QED) is 0.772. The second-order valence-electron chi connectivity index (χ2n) is 3.96. The molecule has 1 aliphatic rings. The zero-order valence-corrected chi connectivity index (χ0v) is 9.84. The molecule has 5 heteroatoms. The molecule has 0 N–H and O–H groups in total. The van der Waals surface area contributed by atoms with Crippen molar-refractivity contribution in [2.45, 2.75) is 12.8 Å². The fraction of sp³-hybridized carbons (Fsp3) is 0.333. The van der Waals surface area contributed by atoms with Gasteiger partial charge in [0.15, 0.2) is 0 Å². The topological polar surface area (TPSA) is 37.4 Å². The van der Waals surface area contributed by atoms with Crippen LogP contribution in [0.5, 0.6) is 0 Å². The summed E-state index contributed by atoms with van der Waals surface area (Å²) < 4.78 is 13.2. The van der Waals surface area contributed by atoms with Crippen LogP contribution in [-0.4, -0.2) is 29.7 Å². The van der Waals surface area contributed by atoms with Gasteiger partial charge in [-0.15, -0.1) is 0 Å². The molecule has 0 atom stereocenters. The summed E-state index contributed by atoms with van der Waals surface area (Å²) in [7, 11) is 0. The fourth-order valence-corrected chi connectivity index (χ4v) is 1.89. The third-order valence-electron chi connectivity index (χ3n) is 2.77. The van der Waals surface area contributed by atoms with Crippen molar-refractivity contribution in [3.63, 3.8) is 0 Å². The van der Waals surface area contributed by atoms with E-state index in [0.717, 1.165) is 6.07 Å². The highest BCUT2D eigenvalue weighted by Gasteiger charge is 2.22. The molecule has 0 aliphatic carbocycles. The molecule has 17 heavy (non-hydrogen) atoms. The Balaban J connectivity index is 2.14. The van der Waals surface area contributed by atoms with Crippen LogP contribution in [-0.2, 0) is 4.79 Å². The van der Waals surface area contributed by atoms with Crippen molar-refractivity contribution in [3.05, 3.63) is 34.6 Å². The van der Waals surface area contributed by atoms with Crippen LogP contribution < -0.4 is 0 Å². The van der Waals surface area contributed by atoms with Crippen molar-refractivity contribution in [1.82, 2.24) is 4.90 Å². The van der Waals surface area contributed by atoms with Crippen molar-refractivity contribution in [1.29, 1.82) is 0 Å². The summed E-state index contributed by atoms with van der Waals surface area (Å²) in [6.07, 6.45) is 0.754. The molecule has 2 rings (SSSR count). The first-order valence-corrected chi connectivity index (χ1v) is 5.72. The van der Waals surface area contributed by atoms with Gasteiger partial charge in [0.1, 0.15) is 11.6 Å². The largest absolute Gasteiger partial charge is 0.338 e. The molecule has 0 spiro atoms. The molecule has 3 nitrogen and oxygen atoms in total. The van der Waals surface area contributed by atoms with Crippen LogP contribution >= 0.6 is 11.6 Å². The third-order valence-corrected chi connectivity index (χ3v) is 3.08. The lowest BCUT2D eigenvalue weighted by atomic mass is 10.1. The molecule has 1 aromatic rings. The second kappa shape index (κ2) is 4.84. The van der Waals surface area contributed by atoms with Gasteiger partial charge < -0.3 is 4.90 Å². The van der Waals surface area contributed by atoms with Crippen molar-refractivity contribution in [2.75, 3.05) is 13.1 Å². The summed E-state index contributed by atoms with van der Waals surface area (Å²) in [5, 5.41) is -0.00429. The molecule has 1 fully saturated rings. The van der Waals surface area contributed by atoms with Gasteiger partial charge in [-0.25, -0.2) is 4.39 Å². The van der Waals surface area contributed by atoms with E-state index in [0.29, 0.717) is 25.9 Å². The molecule has 0 bridgehead atoms. The Labute approximate surface area is 103 Å². The molecule has 1 saturated heterocycles. The molecule has 90 valence electrons. The van der Waals surface area contributed by atoms with E-state index in [1.165, 1.54) is 12.1 Å². The van der Waals surface area contributed by atoms with E-state index in [2.05, 4.69) is 0 Å². The first kappa shape index (κ1) is 12.0. The van der Waals surface area contributed by atoms with Gasteiger partial charge in [-0.3, -0.25) is 9.59 Å². The number of nitrogens with zero attached hydrogens (tertiary/aromatic N) is 1. The van der Waals surface area contributed by atoms with Gasteiger partial charge in [0.25, 0.3) is 5.91 Å². The maximum absolute atomic E-state index is 13.2. The van der Waals surface area contributed by atoms with Gasteiger partial charge in [0.05, 0.1) is 5.02 Å². The van der Waals surface area contributed by atoms with Crippen LogP contribution in [0.2, 0.25) is 5.02 Å². The van der Waals surface area contributed by atoms with E-state index < -0.39 is 5.82 Å². The molecule has 1 aromatic carbocycles. The summed E-state index contributed by atoms with van der Waals surface area (Å²) in [6.45, 7) is 0.809. The first-order chi connectivity index (χ1) is 8.08. The lowest BCUT2D eigenvalue weighted by Gasteiger charge is -2.26. The predicted molar refractivity (Wildman–Crippen MR) is 61.6 cm³/mol. The van der Waals surface area contributed by atoms with Gasteiger partial charge >= 0.3 is 0 Å². The average Bonchev–Trinajstić information content (AvgIpc) is 2.33. The lowest BCUT2D eigenvalue weighted by molar-refractivity contribution is -0.120. The molecule has 1 heterocycles. The lowest BCUT2D eigenvalue weighted by Crippen LogP contribution is -2.38. The van der Waals surface area contributed by atoms with E-state index in [9.17, 15) is 14.0 Å². The molecule has 1 amide bonds. The number of benzene rings is 1. The van der Waals surface area contributed by atoms with Gasteiger partial charge in [-0.2, -0.15) is 0 Å². The van der Waals surface area contributed by atoms with E-state index >= 15 is 0 Å². The summed E-state index contributed by atoms with van der Waals surface area (Å²) >= 11 is 5.55. The smallest absolute Gasteiger partial charge is 0.253 e. The number of hydrogen-bond acceptors (Lipinski definition) is 2. The predicted octanol–water partition coefficient (Wildman–Crippen LogP) is 2.28. The number of carbonyl (C=O) groups is 2. The number of halogens is 2. The normalized spacial score (nSPS) is 16.1. The van der Waals surface area contributed by atoms with Crippen molar-refractivity contribution < 1.29 is 14.0 Å². The first-order valence-electron chi connectivity index (χ1n) is 5.34. The number of piperidine rings is 1. The van der Waals surface area contributed by atoms with Gasteiger partial charge in [0.2, 0.25) is 0 Å². The summed E-state index contributed by atoms with van der Waals surface area (Å²) in [4.78, 5) is 24.6. The SMILES string of the molecule is O=C1CCN(C(=O)c2ccc(Cl)c(F)c2)CC1. The van der Waals surface area contributed by atoms with Gasteiger partial charge in [-0.05, 0) is 18.2 Å². The molecular formula is C12H11ClFNO2. The van der Waals surface area contributed by atoms with E-state index in [1.807, 2.05) is 0 Å². The molecular weight excluding hydrogens is 245 g/mol. The molecule has 0 radical (unpaired) electrons. The maximum atomic E-state index is 13.2. The number of likely N-dealkylation sites (tertiary alicyclic amines) is 1. The van der Waals surface area contributed by atoms with Gasteiger partial charge in [-0.1, -0.05) is 11.6 Å². The molecule has 0 unspecified atom stereocenters. The van der Waals surface area contributed by atoms with Crippen LogP contribution in [0.4, 0.5) is 4.39 Å². The number of Topliss-reactive ketones (excluding diaryl/α,β-unsaturated/α-hetero) is 1. The zero-order chi connectivity index (χ0) is 12.4. The van der Waals surface area contributed by atoms with E-state index in [1.54, 1.807) is 4.90 Å². The highest BCUT2D eigenvalue weighted by molar-refractivity contribution is 6.30. The highest BCUT2D eigenvalue weighted by Crippen LogP contribution is 2.18. The Kier molecular flexibility index (Phi) is 3.43. The summed E-state index contributed by atoms with van der Waals surface area (Å²) in [5.74, 6) is -0.699. The Morgan fingerprint density at radius 1 is 1.29 bits per heavy atom. The fourth-order valence-electron chi connectivity index (χ4n) is 1.77. The minimum absolute atomic E-state index is 0.00429. The summed E-state index contributed by atoms with van der Waals surface area (Å²) in [5.41, 5.74) is 0.265. The molecule has 0 aromatic heterocycles. The number of carbonyl (C=O) groups excluding carboxylic acids is 2. The van der Waals surface area contributed by atoms with Gasteiger partial charge in [0, 0.05) is 31.5 Å². The Bertz CT molecular complexity index is 466. The van der Waals surface area contributed by atoms with Crippen molar-refractivity contribution in [2.24, 2.45) is 0 Å². The van der Waals surface area contributed by atoms with E-state index in [4.69, 9.17) is 11.6 Å². The average molecular weight is 256 g/mol. The third kappa shape index (κ3) is 2.64. The Hall–Kier alpha value is -1.42. The minimum Gasteiger partial charge on any atom is -0.338 e. The number of hydrogen-bond donors (Lipinski definition) is 0. The minimum atomic E-state index is -0.606. The molecule has 1 aliphatic heterocycles. The summed E-state index contributed by atoms with van der Waals surface area (Å²) in [6, 6.07) is 3.98. The van der Waals surface area contributed by atoms with E-state index in [-0.39, 0.29) is 22.3 Å². The van der Waals surface area contributed by atoms with Crippen molar-refractivity contribution in [3.8, 4) is 0 Å². The monoisotopic (exact) mass is 255 g/mol. The maximum Gasteiger partial charge on any atom is 0.253 e. The van der Waals surface area contributed by atoms with Crippen LogP contribution in [0.15, 0.2) is 18.2 Å². The van der Waals surface area contributed by atoms with Crippen LogP contribution in [0.3, 0.4) is 0 Å². The standard InChI is InChI=1S/C12H11ClFNO2/c13-10-2-1-8(7-11(10)14)12(17)15-5-3-9(16)4-6-15/h1-2,7H,3-6H2. The van der Waals surface area contributed by atoms with Crippen LogP contribution in [0.25, 0.3) is 0 Å². The Morgan fingerprint density at radius 2 is 1.94 bits per heavy atom. The second-order valence-corrected chi connectivity index (χ2v) is 4.37. The Morgan fingerprint density at radius 3 is 2.53 bits per heavy atom. The number of ketones is 1. The van der Waals surface area contributed by atoms with Crippen LogP contribution in [0, 0.1) is 5.82 Å². The molecule has 0 saturated carbocycles. The van der Waals surface area contributed by atoms with Crippen molar-refractivity contribution >= 4 is 23.3 Å². The zero-order valence-electron chi connectivity index (χ0n) is 9.08. The number of amides is 1. The van der Waals surface area contributed by atoms with Crippen LogP contribution in [0.1, 0.15) is 23.2 Å².